The van der Waals surface area contributed by atoms with Crippen LogP contribution in [0.4, 0.5) is 5.82 Å². The lowest BCUT2D eigenvalue weighted by atomic mass is 10.0. The summed E-state index contributed by atoms with van der Waals surface area (Å²) >= 11 is 0. The quantitative estimate of drug-likeness (QED) is 0.285. The molecule has 1 saturated carbocycles. The van der Waals surface area contributed by atoms with Crippen molar-refractivity contribution in [2.45, 2.75) is 89.2 Å². The number of nitrogens with one attached hydrogen (secondary N) is 1. The molecular weight excluding hydrogens is 450 g/mol. The molecule has 1 aromatic carbocycles. The Kier molecular flexibility index (Phi) is 6.39. The number of fused-ring (bicyclic) bond motifs is 2. The fourth-order valence-electron chi connectivity index (χ4n) is 5.75. The minimum atomic E-state index is -1.91. The third kappa shape index (κ3) is 4.58. The van der Waals surface area contributed by atoms with Gasteiger partial charge in [-0.2, -0.15) is 0 Å². The Hall–Kier alpha value is -2.44. The average Bonchev–Trinajstić information content (AvgIpc) is 3.51. The van der Waals surface area contributed by atoms with Crippen molar-refractivity contribution in [3.8, 4) is 0 Å². The predicted octanol–water partition coefficient (Wildman–Crippen LogP) is 7.07. The Morgan fingerprint density at radius 3 is 2.74 bits per heavy atom. The van der Waals surface area contributed by atoms with Crippen molar-refractivity contribution in [1.82, 2.24) is 9.55 Å². The van der Waals surface area contributed by atoms with Gasteiger partial charge in [-0.05, 0) is 73.0 Å². The van der Waals surface area contributed by atoms with Gasteiger partial charge in [-0.1, -0.05) is 45.0 Å². The van der Waals surface area contributed by atoms with E-state index in [2.05, 4.69) is 86.3 Å². The van der Waals surface area contributed by atoms with Gasteiger partial charge < -0.3 is 19.1 Å². The normalized spacial score (nSPS) is 24.6. The molecule has 3 aromatic rings. The van der Waals surface area contributed by atoms with Crippen LogP contribution in [0.1, 0.15) is 69.7 Å². The molecule has 0 bridgehead atoms. The van der Waals surface area contributed by atoms with Gasteiger partial charge in [0.15, 0.2) is 8.32 Å². The summed E-state index contributed by atoms with van der Waals surface area (Å²) in [4.78, 5) is 16.2. The Balaban J connectivity index is 1.39. The maximum absolute atomic E-state index is 11.5. The average molecular weight is 490 g/mol. The molecule has 4 atom stereocenters. The van der Waals surface area contributed by atoms with E-state index in [0.717, 1.165) is 43.2 Å². The van der Waals surface area contributed by atoms with Crippen molar-refractivity contribution in [3.63, 3.8) is 0 Å². The Morgan fingerprint density at radius 2 is 1.97 bits per heavy atom. The van der Waals surface area contributed by atoms with Gasteiger partial charge >= 0.3 is 0 Å². The van der Waals surface area contributed by atoms with Gasteiger partial charge in [0.05, 0.1) is 17.7 Å². The van der Waals surface area contributed by atoms with Crippen molar-refractivity contribution >= 4 is 31.3 Å². The zero-order valence-corrected chi connectivity index (χ0v) is 22.8. The van der Waals surface area contributed by atoms with Crippen molar-refractivity contribution in [2.24, 2.45) is 5.92 Å². The zero-order chi connectivity index (χ0) is 24.8. The van der Waals surface area contributed by atoms with Crippen LogP contribution in [0.5, 0.6) is 0 Å². The maximum Gasteiger partial charge on any atom is 0.192 e. The number of hydrogen-bond acceptors (Lipinski definition) is 4. The number of carbonyl (C=O) groups excluding carboxylic acids is 1. The Bertz CT molecular complexity index is 1210. The number of carbonyl (C=O) groups is 1. The molecule has 0 amide bonds. The third-order valence-electron chi connectivity index (χ3n) is 8.74. The Labute approximate surface area is 210 Å². The number of hydrogen-bond donors (Lipinski definition) is 1. The molecule has 35 heavy (non-hydrogen) atoms. The molecule has 1 N–H and O–H groups in total. The summed E-state index contributed by atoms with van der Waals surface area (Å²) in [5.74, 6) is 1.23. The second-order valence-electron chi connectivity index (χ2n) is 12.0. The number of nitrogens with zero attached hydrogens (tertiary/aromatic N) is 2. The van der Waals surface area contributed by atoms with Crippen LogP contribution in [0.25, 0.3) is 10.9 Å². The first-order valence-corrected chi connectivity index (χ1v) is 16.0. The van der Waals surface area contributed by atoms with Crippen molar-refractivity contribution in [1.29, 1.82) is 0 Å². The minimum Gasteiger partial charge on any atom is -0.414 e. The molecule has 186 valence electrons. The van der Waals surface area contributed by atoms with Crippen LogP contribution in [0.3, 0.4) is 0 Å². The highest BCUT2D eigenvalue weighted by molar-refractivity contribution is 6.74. The van der Waals surface area contributed by atoms with E-state index in [1.54, 1.807) is 0 Å². The summed E-state index contributed by atoms with van der Waals surface area (Å²) in [5.41, 5.74) is 4.04. The summed E-state index contributed by atoms with van der Waals surface area (Å²) < 4.78 is 9.26. The van der Waals surface area contributed by atoms with E-state index in [0.29, 0.717) is 18.5 Å². The summed E-state index contributed by atoms with van der Waals surface area (Å²) in [6.07, 6.45) is 10.1. The van der Waals surface area contributed by atoms with Gasteiger partial charge in [0.25, 0.3) is 0 Å². The lowest BCUT2D eigenvalue weighted by Gasteiger charge is -2.39. The van der Waals surface area contributed by atoms with E-state index in [9.17, 15) is 4.79 Å². The van der Waals surface area contributed by atoms with Gasteiger partial charge in [-0.15, -0.1) is 0 Å². The fraction of sp³-hybridized carbons (Fsp3) is 0.517. The van der Waals surface area contributed by atoms with Gasteiger partial charge in [0.2, 0.25) is 0 Å². The van der Waals surface area contributed by atoms with E-state index < -0.39 is 8.32 Å². The number of pyridine rings is 1. The minimum absolute atomic E-state index is 0.137. The second-order valence-corrected chi connectivity index (χ2v) is 16.7. The first-order chi connectivity index (χ1) is 16.7. The Morgan fingerprint density at radius 1 is 1.17 bits per heavy atom. The molecular formula is C29H39N3O2Si. The summed E-state index contributed by atoms with van der Waals surface area (Å²) in [7, 11) is -1.91. The number of anilines is 1. The number of aryl methyl sites for hydroxylation is 1. The highest BCUT2D eigenvalue weighted by Gasteiger charge is 2.44. The van der Waals surface area contributed by atoms with Gasteiger partial charge in [-0.3, -0.25) is 0 Å². The van der Waals surface area contributed by atoms with E-state index in [1.807, 2.05) is 6.20 Å². The zero-order valence-electron chi connectivity index (χ0n) is 21.8. The molecule has 0 unspecified atom stereocenters. The van der Waals surface area contributed by atoms with Crippen LogP contribution in [0.2, 0.25) is 18.1 Å². The van der Waals surface area contributed by atoms with Crippen molar-refractivity contribution in [3.05, 3.63) is 59.9 Å². The number of aldehydes is 1. The monoisotopic (exact) mass is 489 g/mol. The molecule has 1 fully saturated rings. The van der Waals surface area contributed by atoms with E-state index in [4.69, 9.17) is 9.41 Å². The molecule has 2 aliphatic rings. The standard InChI is InChI=1S/C29H39N3O2Si/c1-29(2,3)35(4,5)34-27-19-22(18-21(27)14-17-33)32-16-13-24-26(32)12-15-30-28(24)31-25-11-10-20-8-6-7-9-23(20)25/h6-9,12-13,15-17,21-22,25,27H,10-11,14,18-19H2,1-5H3,(H,30,31)/t21-,22-,25+,27+/m1/s1. The number of rotatable bonds is 7. The lowest BCUT2D eigenvalue weighted by molar-refractivity contribution is -0.109. The summed E-state index contributed by atoms with van der Waals surface area (Å²) in [6.45, 7) is 11.5. The van der Waals surface area contributed by atoms with Crippen molar-refractivity contribution < 1.29 is 9.22 Å². The van der Waals surface area contributed by atoms with Crippen LogP contribution in [0.15, 0.2) is 48.8 Å². The highest BCUT2D eigenvalue weighted by atomic mass is 28.4. The smallest absolute Gasteiger partial charge is 0.192 e. The van der Waals surface area contributed by atoms with Crippen molar-refractivity contribution in [2.75, 3.05) is 5.32 Å². The molecule has 0 spiro atoms. The highest BCUT2D eigenvalue weighted by Crippen LogP contribution is 2.45. The summed E-state index contributed by atoms with van der Waals surface area (Å²) in [6, 6.07) is 13.7. The second kappa shape index (κ2) is 9.21. The molecule has 5 rings (SSSR count). The van der Waals surface area contributed by atoms with E-state index in [-0.39, 0.29) is 17.1 Å². The third-order valence-corrected chi connectivity index (χ3v) is 13.2. The maximum atomic E-state index is 11.5. The molecule has 2 aromatic heterocycles. The first-order valence-electron chi connectivity index (χ1n) is 13.1. The molecule has 0 aliphatic heterocycles. The van der Waals surface area contributed by atoms with E-state index in [1.165, 1.54) is 16.6 Å². The van der Waals surface area contributed by atoms with Gasteiger partial charge in [0, 0.05) is 30.2 Å². The topological polar surface area (TPSA) is 56.1 Å². The predicted molar refractivity (Wildman–Crippen MR) is 145 cm³/mol. The lowest BCUT2D eigenvalue weighted by Crippen LogP contribution is -2.44. The molecule has 0 radical (unpaired) electrons. The van der Waals surface area contributed by atoms with Crippen LogP contribution >= 0.6 is 0 Å². The molecule has 2 aliphatic carbocycles. The molecule has 5 nitrogen and oxygen atoms in total. The molecule has 0 saturated heterocycles. The van der Waals surface area contributed by atoms with Crippen LogP contribution in [0, 0.1) is 5.92 Å². The van der Waals surface area contributed by atoms with Crippen LogP contribution < -0.4 is 5.32 Å². The van der Waals surface area contributed by atoms with Crippen LogP contribution in [-0.2, 0) is 15.6 Å². The van der Waals surface area contributed by atoms with E-state index >= 15 is 0 Å². The largest absolute Gasteiger partial charge is 0.414 e. The molecule has 6 heteroatoms. The van der Waals surface area contributed by atoms with Gasteiger partial charge in [-0.25, -0.2) is 4.98 Å². The van der Waals surface area contributed by atoms with Gasteiger partial charge in [0.1, 0.15) is 12.1 Å². The SMILES string of the molecule is CC(C)(C)[Si](C)(C)O[C@H]1C[C@H](n2ccc3c(N[C@H]4CCc5ccccc54)nccc32)C[C@H]1CC=O. The van der Waals surface area contributed by atoms with Crippen LogP contribution in [-0.4, -0.2) is 30.3 Å². The number of aromatic nitrogens is 2. The first kappa shape index (κ1) is 24.3. The number of benzene rings is 1. The molecule has 2 heterocycles. The fourth-order valence-corrected chi connectivity index (χ4v) is 7.15. The summed E-state index contributed by atoms with van der Waals surface area (Å²) in [5, 5.41) is 5.06.